The van der Waals surface area contributed by atoms with Crippen LogP contribution in [0.4, 0.5) is 0 Å². The minimum absolute atomic E-state index is 0.0451. The average Bonchev–Trinajstić information content (AvgIpc) is 2.68. The van der Waals surface area contributed by atoms with E-state index >= 15 is 0 Å². The molecule has 1 atom stereocenters. The number of carbonyl (C=O) groups is 1. The Kier molecular flexibility index (Phi) is 7.10. The van der Waals surface area contributed by atoms with Gasteiger partial charge in [-0.1, -0.05) is 42.3 Å². The van der Waals surface area contributed by atoms with Crippen LogP contribution in [0.3, 0.4) is 0 Å². The van der Waals surface area contributed by atoms with Gasteiger partial charge in [-0.15, -0.1) is 0 Å². The Hall–Kier alpha value is -2.33. The van der Waals surface area contributed by atoms with Gasteiger partial charge in [0.2, 0.25) is 0 Å². The van der Waals surface area contributed by atoms with E-state index < -0.39 is 0 Å². The molecule has 4 nitrogen and oxygen atoms in total. The largest absolute Gasteiger partial charge is 0.484 e. The molecular weight excluding hydrogens is 348 g/mol. The molecule has 0 spiro atoms. The molecule has 1 aliphatic rings. The second-order valence-electron chi connectivity index (χ2n) is 7.94. The molecule has 1 unspecified atom stereocenters. The SMILES string of the molecule is Cc1ccc(C(CNC(=O)COc2cc(C)cc(C)c2)N2CCCCC2)cc1. The maximum atomic E-state index is 12.4. The smallest absolute Gasteiger partial charge is 0.258 e. The minimum Gasteiger partial charge on any atom is -0.484 e. The van der Waals surface area contributed by atoms with E-state index in [0.29, 0.717) is 6.54 Å². The Morgan fingerprint density at radius 1 is 0.964 bits per heavy atom. The first-order chi connectivity index (χ1) is 13.5. The van der Waals surface area contributed by atoms with E-state index in [1.807, 2.05) is 26.0 Å². The quantitative estimate of drug-likeness (QED) is 0.777. The molecule has 0 saturated carbocycles. The van der Waals surface area contributed by atoms with E-state index in [1.54, 1.807) is 0 Å². The van der Waals surface area contributed by atoms with Gasteiger partial charge in [0.1, 0.15) is 5.75 Å². The average molecular weight is 381 g/mol. The van der Waals surface area contributed by atoms with Crippen molar-refractivity contribution in [2.45, 2.75) is 46.1 Å². The molecule has 0 radical (unpaired) electrons. The molecule has 0 bridgehead atoms. The first-order valence-corrected chi connectivity index (χ1v) is 10.3. The molecule has 1 aliphatic heterocycles. The fraction of sp³-hybridized carbons (Fsp3) is 0.458. The van der Waals surface area contributed by atoms with Crippen LogP contribution in [0.15, 0.2) is 42.5 Å². The van der Waals surface area contributed by atoms with Crippen LogP contribution in [0.1, 0.15) is 47.6 Å². The van der Waals surface area contributed by atoms with E-state index in [0.717, 1.165) is 30.0 Å². The van der Waals surface area contributed by atoms with Crippen LogP contribution in [0, 0.1) is 20.8 Å². The van der Waals surface area contributed by atoms with Crippen molar-refractivity contribution in [3.05, 3.63) is 64.7 Å². The zero-order chi connectivity index (χ0) is 19.9. The van der Waals surface area contributed by atoms with Crippen LogP contribution in [-0.2, 0) is 4.79 Å². The Bertz CT molecular complexity index is 759. The van der Waals surface area contributed by atoms with Gasteiger partial charge in [-0.2, -0.15) is 0 Å². The van der Waals surface area contributed by atoms with E-state index in [1.165, 1.54) is 30.4 Å². The fourth-order valence-corrected chi connectivity index (χ4v) is 3.90. The molecular formula is C24H32N2O2. The number of ether oxygens (including phenoxy) is 1. The molecule has 0 aliphatic carbocycles. The summed E-state index contributed by atoms with van der Waals surface area (Å²) in [5.74, 6) is 0.673. The summed E-state index contributed by atoms with van der Waals surface area (Å²) in [6.07, 6.45) is 3.76. The minimum atomic E-state index is -0.0757. The van der Waals surface area contributed by atoms with Gasteiger partial charge in [-0.3, -0.25) is 9.69 Å². The van der Waals surface area contributed by atoms with Gasteiger partial charge in [-0.25, -0.2) is 0 Å². The molecule has 2 aromatic carbocycles. The van der Waals surface area contributed by atoms with E-state index in [4.69, 9.17) is 4.74 Å². The predicted molar refractivity (Wildman–Crippen MR) is 114 cm³/mol. The highest BCUT2D eigenvalue weighted by atomic mass is 16.5. The summed E-state index contributed by atoms with van der Waals surface area (Å²) in [4.78, 5) is 14.9. The first-order valence-electron chi connectivity index (χ1n) is 10.3. The lowest BCUT2D eigenvalue weighted by molar-refractivity contribution is -0.123. The molecule has 2 aromatic rings. The first kappa shape index (κ1) is 20.4. The number of carbonyl (C=O) groups excluding carboxylic acids is 1. The van der Waals surface area contributed by atoms with Crippen molar-refractivity contribution < 1.29 is 9.53 Å². The van der Waals surface area contributed by atoms with Crippen LogP contribution in [0.25, 0.3) is 0 Å². The molecule has 1 heterocycles. The maximum absolute atomic E-state index is 12.4. The van der Waals surface area contributed by atoms with E-state index in [2.05, 4.69) is 47.5 Å². The Balaban J connectivity index is 1.59. The maximum Gasteiger partial charge on any atom is 0.258 e. The van der Waals surface area contributed by atoms with Gasteiger partial charge in [0.05, 0.1) is 6.04 Å². The van der Waals surface area contributed by atoms with Crippen molar-refractivity contribution in [1.82, 2.24) is 10.2 Å². The van der Waals surface area contributed by atoms with Gasteiger partial charge < -0.3 is 10.1 Å². The van der Waals surface area contributed by atoms with Crippen LogP contribution in [0.2, 0.25) is 0 Å². The van der Waals surface area contributed by atoms with Gasteiger partial charge in [0, 0.05) is 6.54 Å². The zero-order valence-electron chi connectivity index (χ0n) is 17.3. The van der Waals surface area contributed by atoms with E-state index in [9.17, 15) is 4.79 Å². The zero-order valence-corrected chi connectivity index (χ0v) is 17.3. The molecule has 28 heavy (non-hydrogen) atoms. The number of likely N-dealkylation sites (tertiary alicyclic amines) is 1. The third-order valence-corrected chi connectivity index (χ3v) is 5.35. The molecule has 4 heteroatoms. The number of hydrogen-bond acceptors (Lipinski definition) is 3. The van der Waals surface area contributed by atoms with Crippen molar-refractivity contribution in [1.29, 1.82) is 0 Å². The van der Waals surface area contributed by atoms with Gasteiger partial charge in [0.25, 0.3) is 5.91 Å². The summed E-state index contributed by atoms with van der Waals surface area (Å²) in [6, 6.07) is 14.9. The number of aryl methyl sites for hydroxylation is 3. The van der Waals surface area contributed by atoms with Crippen LogP contribution < -0.4 is 10.1 Å². The number of nitrogens with zero attached hydrogens (tertiary/aromatic N) is 1. The molecule has 1 saturated heterocycles. The normalized spacial score (nSPS) is 15.8. The Morgan fingerprint density at radius 2 is 1.61 bits per heavy atom. The summed E-state index contributed by atoms with van der Waals surface area (Å²) < 4.78 is 5.70. The summed E-state index contributed by atoms with van der Waals surface area (Å²) >= 11 is 0. The topological polar surface area (TPSA) is 41.6 Å². The van der Waals surface area contributed by atoms with Crippen molar-refractivity contribution in [3.8, 4) is 5.75 Å². The van der Waals surface area contributed by atoms with Crippen molar-refractivity contribution in [3.63, 3.8) is 0 Å². The highest BCUT2D eigenvalue weighted by molar-refractivity contribution is 5.77. The summed E-state index contributed by atoms with van der Waals surface area (Å²) in [7, 11) is 0. The molecule has 1 amide bonds. The molecule has 150 valence electrons. The molecule has 1 N–H and O–H groups in total. The van der Waals surface area contributed by atoms with Crippen molar-refractivity contribution in [2.24, 2.45) is 0 Å². The Labute approximate surface area is 168 Å². The number of nitrogens with one attached hydrogen (secondary N) is 1. The van der Waals surface area contributed by atoms with Gasteiger partial charge >= 0.3 is 0 Å². The lowest BCUT2D eigenvalue weighted by Gasteiger charge is -2.35. The van der Waals surface area contributed by atoms with Crippen LogP contribution in [0.5, 0.6) is 5.75 Å². The van der Waals surface area contributed by atoms with Crippen molar-refractivity contribution in [2.75, 3.05) is 26.2 Å². The van der Waals surface area contributed by atoms with Crippen molar-refractivity contribution >= 4 is 5.91 Å². The second-order valence-corrected chi connectivity index (χ2v) is 7.94. The molecule has 0 aromatic heterocycles. The van der Waals surface area contributed by atoms with Gasteiger partial charge in [-0.05, 0) is 75.5 Å². The van der Waals surface area contributed by atoms with E-state index in [-0.39, 0.29) is 18.6 Å². The number of rotatable bonds is 7. The predicted octanol–water partition coefficient (Wildman–Crippen LogP) is 4.33. The van der Waals surface area contributed by atoms with Gasteiger partial charge in [0.15, 0.2) is 6.61 Å². The second kappa shape index (κ2) is 9.74. The summed E-state index contributed by atoms with van der Waals surface area (Å²) in [5, 5.41) is 3.09. The summed E-state index contributed by atoms with van der Waals surface area (Å²) in [6.45, 7) is 9.00. The molecule has 1 fully saturated rings. The number of piperidine rings is 1. The standard InChI is InChI=1S/C24H32N2O2/c1-18-7-9-21(10-8-18)23(26-11-5-4-6-12-26)16-25-24(27)17-28-22-14-19(2)13-20(3)15-22/h7-10,13-15,23H,4-6,11-12,16-17H2,1-3H3,(H,25,27). The van der Waals surface area contributed by atoms with Crippen LogP contribution in [-0.4, -0.2) is 37.0 Å². The highest BCUT2D eigenvalue weighted by Crippen LogP contribution is 2.24. The lowest BCUT2D eigenvalue weighted by Crippen LogP contribution is -2.41. The monoisotopic (exact) mass is 380 g/mol. The summed E-state index contributed by atoms with van der Waals surface area (Å²) in [5.41, 5.74) is 4.80. The third-order valence-electron chi connectivity index (χ3n) is 5.35. The third kappa shape index (κ3) is 5.83. The lowest BCUT2D eigenvalue weighted by atomic mass is 10.0. The number of benzene rings is 2. The van der Waals surface area contributed by atoms with Crippen LogP contribution >= 0.6 is 0 Å². The fourth-order valence-electron chi connectivity index (χ4n) is 3.90. The highest BCUT2D eigenvalue weighted by Gasteiger charge is 2.22. The number of hydrogen-bond donors (Lipinski definition) is 1. The molecule has 3 rings (SSSR count). The number of amides is 1. The Morgan fingerprint density at radius 3 is 2.25 bits per heavy atom.